The standard InChI is InChI=1S/C35H37ClN4O3/c1-24-3-9-28(10-4-24)25(2)38-22-31-12-14-34(43-31)29-11-13-33(36)32(20-29)35(41)39-30(23-40-15-17-42-18-16-40)19-26-5-7-27(21-37)8-6-26/h3-14,20,25,30,38H,15-19,22-23H2,1-2H3,(H,39,41). The van der Waals surface area contributed by atoms with Crippen molar-refractivity contribution in [1.29, 1.82) is 5.26 Å². The van der Waals surface area contributed by atoms with Gasteiger partial charge in [0.15, 0.2) is 0 Å². The van der Waals surface area contributed by atoms with Gasteiger partial charge in [0.1, 0.15) is 11.5 Å². The molecule has 2 heterocycles. The SMILES string of the molecule is Cc1ccc(C(C)NCc2ccc(-c3ccc(Cl)c(C(=O)NC(Cc4ccc(C#N)cc4)CN4CCOCC4)c3)o2)cc1. The molecule has 1 aliphatic rings. The Balaban J connectivity index is 1.27. The fraction of sp³-hybridized carbons (Fsp3) is 0.314. The first kappa shape index (κ1) is 30.5. The summed E-state index contributed by atoms with van der Waals surface area (Å²) in [6, 6.07) is 27.4. The number of carbonyl (C=O) groups excluding carboxylic acids is 1. The van der Waals surface area contributed by atoms with Gasteiger partial charge in [-0.05, 0) is 73.9 Å². The van der Waals surface area contributed by atoms with E-state index in [9.17, 15) is 4.79 Å². The lowest BCUT2D eigenvalue weighted by Crippen LogP contribution is -2.48. The number of hydrogen-bond acceptors (Lipinski definition) is 6. The average Bonchev–Trinajstić information content (AvgIpc) is 3.50. The molecule has 1 amide bonds. The lowest BCUT2D eigenvalue weighted by atomic mass is 10.0. The number of nitriles is 1. The van der Waals surface area contributed by atoms with Crippen molar-refractivity contribution in [3.8, 4) is 17.4 Å². The van der Waals surface area contributed by atoms with E-state index in [1.165, 1.54) is 11.1 Å². The molecule has 0 bridgehead atoms. The van der Waals surface area contributed by atoms with Crippen molar-refractivity contribution in [3.63, 3.8) is 0 Å². The summed E-state index contributed by atoms with van der Waals surface area (Å²) in [4.78, 5) is 15.9. The van der Waals surface area contributed by atoms with Crippen LogP contribution in [0.4, 0.5) is 0 Å². The average molecular weight is 597 g/mol. The van der Waals surface area contributed by atoms with Crippen molar-refractivity contribution in [2.75, 3.05) is 32.8 Å². The van der Waals surface area contributed by atoms with Crippen LogP contribution in [0, 0.1) is 18.3 Å². The number of aryl methyl sites for hydroxylation is 1. The normalized spacial score (nSPS) is 15.0. The number of ether oxygens (including phenoxy) is 1. The molecule has 43 heavy (non-hydrogen) atoms. The van der Waals surface area contributed by atoms with Gasteiger partial charge in [-0.15, -0.1) is 0 Å². The van der Waals surface area contributed by atoms with Crippen molar-refractivity contribution >= 4 is 17.5 Å². The van der Waals surface area contributed by atoms with Crippen molar-refractivity contribution in [3.05, 3.63) is 117 Å². The van der Waals surface area contributed by atoms with E-state index in [1.807, 2.05) is 30.3 Å². The first-order valence-electron chi connectivity index (χ1n) is 14.7. The summed E-state index contributed by atoms with van der Waals surface area (Å²) in [5, 5.41) is 16.3. The summed E-state index contributed by atoms with van der Waals surface area (Å²) >= 11 is 6.55. The third-order valence-corrected chi connectivity index (χ3v) is 8.13. The van der Waals surface area contributed by atoms with Crippen molar-refractivity contribution < 1.29 is 13.9 Å². The van der Waals surface area contributed by atoms with Crippen molar-refractivity contribution in [1.82, 2.24) is 15.5 Å². The zero-order valence-electron chi connectivity index (χ0n) is 24.6. The number of nitrogens with zero attached hydrogens (tertiary/aromatic N) is 2. The van der Waals surface area contributed by atoms with Crippen LogP contribution >= 0.6 is 11.6 Å². The summed E-state index contributed by atoms with van der Waals surface area (Å²) in [6.07, 6.45) is 0.627. The zero-order chi connectivity index (χ0) is 30.2. The molecular formula is C35H37ClN4O3. The van der Waals surface area contributed by atoms with Crippen molar-refractivity contribution in [2.45, 2.75) is 38.9 Å². The van der Waals surface area contributed by atoms with Crippen LogP contribution < -0.4 is 10.6 Å². The number of nitrogens with one attached hydrogen (secondary N) is 2. The summed E-state index contributed by atoms with van der Waals surface area (Å²) in [7, 11) is 0. The molecule has 0 radical (unpaired) electrons. The first-order chi connectivity index (χ1) is 20.9. The van der Waals surface area contributed by atoms with Gasteiger partial charge in [-0.1, -0.05) is 53.6 Å². The quantitative estimate of drug-likeness (QED) is 0.211. The number of amides is 1. The molecule has 5 rings (SSSR count). The van der Waals surface area contributed by atoms with E-state index < -0.39 is 0 Å². The second kappa shape index (κ2) is 14.5. The Morgan fingerprint density at radius 2 is 1.77 bits per heavy atom. The summed E-state index contributed by atoms with van der Waals surface area (Å²) < 4.78 is 11.7. The molecule has 1 fully saturated rings. The van der Waals surface area contributed by atoms with Crippen LogP contribution in [-0.4, -0.2) is 49.7 Å². The van der Waals surface area contributed by atoms with Gasteiger partial charge in [-0.3, -0.25) is 9.69 Å². The molecular weight excluding hydrogens is 560 g/mol. The summed E-state index contributed by atoms with van der Waals surface area (Å²) in [6.45, 7) is 8.46. The zero-order valence-corrected chi connectivity index (χ0v) is 25.4. The van der Waals surface area contributed by atoms with Crippen LogP contribution in [0.5, 0.6) is 0 Å². The van der Waals surface area contributed by atoms with E-state index in [0.717, 1.165) is 30.0 Å². The van der Waals surface area contributed by atoms with Gasteiger partial charge in [0, 0.05) is 37.3 Å². The molecule has 1 saturated heterocycles. The molecule has 1 aliphatic heterocycles. The van der Waals surface area contributed by atoms with E-state index in [1.54, 1.807) is 24.3 Å². The number of rotatable bonds is 11. The van der Waals surface area contributed by atoms with Crippen LogP contribution in [0.15, 0.2) is 83.3 Å². The number of hydrogen-bond donors (Lipinski definition) is 2. The Hall–Kier alpha value is -3.93. The van der Waals surface area contributed by atoms with Gasteiger partial charge in [-0.25, -0.2) is 0 Å². The molecule has 0 spiro atoms. The fourth-order valence-electron chi connectivity index (χ4n) is 5.23. The van der Waals surface area contributed by atoms with Gasteiger partial charge < -0.3 is 19.8 Å². The fourth-order valence-corrected chi connectivity index (χ4v) is 5.43. The minimum atomic E-state index is -0.237. The number of benzene rings is 3. The molecule has 7 nitrogen and oxygen atoms in total. The molecule has 222 valence electrons. The van der Waals surface area contributed by atoms with Crippen LogP contribution in [0.3, 0.4) is 0 Å². The van der Waals surface area contributed by atoms with Gasteiger partial charge in [-0.2, -0.15) is 5.26 Å². The predicted octanol–water partition coefficient (Wildman–Crippen LogP) is 6.30. The van der Waals surface area contributed by atoms with Gasteiger partial charge in [0.2, 0.25) is 0 Å². The van der Waals surface area contributed by atoms with Gasteiger partial charge in [0.05, 0.1) is 42.0 Å². The maximum atomic E-state index is 13.6. The molecule has 0 saturated carbocycles. The van der Waals surface area contributed by atoms with Gasteiger partial charge in [0.25, 0.3) is 5.91 Å². The Morgan fingerprint density at radius 1 is 1.02 bits per heavy atom. The number of halogens is 1. The molecule has 2 atom stereocenters. The lowest BCUT2D eigenvalue weighted by Gasteiger charge is -2.31. The Morgan fingerprint density at radius 3 is 2.49 bits per heavy atom. The van der Waals surface area contributed by atoms with Crippen LogP contribution in [-0.2, 0) is 17.7 Å². The van der Waals surface area contributed by atoms with E-state index >= 15 is 0 Å². The Kier molecular flexibility index (Phi) is 10.3. The summed E-state index contributed by atoms with van der Waals surface area (Å²) in [5.74, 6) is 1.25. The molecule has 2 unspecified atom stereocenters. The molecule has 8 heteroatoms. The number of furan rings is 1. The predicted molar refractivity (Wildman–Crippen MR) is 169 cm³/mol. The molecule has 4 aromatic rings. The molecule has 3 aromatic carbocycles. The van der Waals surface area contributed by atoms with E-state index in [0.29, 0.717) is 54.6 Å². The number of morpholine rings is 1. The Labute approximate surface area is 258 Å². The van der Waals surface area contributed by atoms with E-state index in [-0.39, 0.29) is 18.0 Å². The summed E-state index contributed by atoms with van der Waals surface area (Å²) in [5.41, 5.74) is 5.29. The monoisotopic (exact) mass is 596 g/mol. The highest BCUT2D eigenvalue weighted by Crippen LogP contribution is 2.27. The lowest BCUT2D eigenvalue weighted by molar-refractivity contribution is 0.0333. The molecule has 0 aliphatic carbocycles. The maximum absolute atomic E-state index is 13.6. The third-order valence-electron chi connectivity index (χ3n) is 7.80. The van der Waals surface area contributed by atoms with E-state index in [4.69, 9.17) is 26.0 Å². The topological polar surface area (TPSA) is 90.5 Å². The second-order valence-electron chi connectivity index (χ2n) is 11.1. The van der Waals surface area contributed by atoms with Crippen LogP contribution in [0.1, 0.15) is 51.3 Å². The highest BCUT2D eigenvalue weighted by Gasteiger charge is 2.22. The Bertz CT molecular complexity index is 1550. The maximum Gasteiger partial charge on any atom is 0.253 e. The van der Waals surface area contributed by atoms with Crippen molar-refractivity contribution in [2.24, 2.45) is 0 Å². The third kappa shape index (κ3) is 8.34. The highest BCUT2D eigenvalue weighted by atomic mass is 35.5. The second-order valence-corrected chi connectivity index (χ2v) is 11.5. The van der Waals surface area contributed by atoms with E-state index in [2.05, 4.69) is 59.7 Å². The largest absolute Gasteiger partial charge is 0.460 e. The smallest absolute Gasteiger partial charge is 0.253 e. The minimum absolute atomic E-state index is 0.157. The first-order valence-corrected chi connectivity index (χ1v) is 15.0. The number of carbonyl (C=O) groups is 1. The highest BCUT2D eigenvalue weighted by molar-refractivity contribution is 6.34. The molecule has 2 N–H and O–H groups in total. The molecule has 1 aromatic heterocycles. The van der Waals surface area contributed by atoms with Gasteiger partial charge >= 0.3 is 0 Å². The van der Waals surface area contributed by atoms with Crippen LogP contribution in [0.2, 0.25) is 5.02 Å². The minimum Gasteiger partial charge on any atom is -0.460 e. The van der Waals surface area contributed by atoms with Crippen LogP contribution in [0.25, 0.3) is 11.3 Å².